The van der Waals surface area contributed by atoms with Gasteiger partial charge in [0, 0.05) is 24.0 Å². The molecule has 0 aromatic carbocycles. The summed E-state index contributed by atoms with van der Waals surface area (Å²) in [5, 5.41) is 16.3. The summed E-state index contributed by atoms with van der Waals surface area (Å²) in [4.78, 5) is 10.3. The zero-order valence-electron chi connectivity index (χ0n) is 10.9. The Labute approximate surface area is 112 Å². The molecule has 2 rings (SSSR count). The Kier molecular flexibility index (Phi) is 4.35. The first-order valence-electron chi connectivity index (χ1n) is 6.53. The molecule has 0 bridgehead atoms. The van der Waals surface area contributed by atoms with Crippen molar-refractivity contribution < 1.29 is 4.92 Å². The lowest BCUT2D eigenvalue weighted by molar-refractivity contribution is -0.380. The van der Waals surface area contributed by atoms with Crippen LogP contribution in [0.15, 0.2) is 11.4 Å². The predicted octanol–water partition coefficient (Wildman–Crippen LogP) is 3.57. The van der Waals surface area contributed by atoms with Crippen molar-refractivity contribution in [3.8, 4) is 0 Å². The second-order valence-corrected chi connectivity index (χ2v) is 6.19. The maximum absolute atomic E-state index is 10.6. The number of hydrogen-bond donors (Lipinski definition) is 1. The average Bonchev–Trinajstić information content (AvgIpc) is 2.80. The lowest BCUT2D eigenvalue weighted by atomic mass is 9.78. The maximum atomic E-state index is 10.6. The van der Waals surface area contributed by atoms with Crippen molar-refractivity contribution >= 4 is 16.3 Å². The molecule has 1 aliphatic rings. The van der Waals surface area contributed by atoms with Gasteiger partial charge >= 0.3 is 5.00 Å². The third kappa shape index (κ3) is 3.09. The molecule has 18 heavy (non-hydrogen) atoms. The summed E-state index contributed by atoms with van der Waals surface area (Å²) in [6.45, 7) is 5.36. The van der Waals surface area contributed by atoms with Crippen molar-refractivity contribution in [3.63, 3.8) is 0 Å². The molecular weight excluding hydrogens is 248 g/mol. The first-order chi connectivity index (χ1) is 8.58. The van der Waals surface area contributed by atoms with Crippen molar-refractivity contribution in [1.82, 2.24) is 5.32 Å². The zero-order chi connectivity index (χ0) is 13.1. The lowest BCUT2D eigenvalue weighted by Gasteiger charge is -2.34. The molecule has 0 spiro atoms. The molecule has 0 amide bonds. The van der Waals surface area contributed by atoms with Gasteiger partial charge in [-0.2, -0.15) is 0 Å². The fraction of sp³-hybridized carbons (Fsp3) is 0.692. The second kappa shape index (κ2) is 5.80. The fourth-order valence-corrected chi connectivity index (χ4v) is 3.40. The van der Waals surface area contributed by atoms with Crippen molar-refractivity contribution in [3.05, 3.63) is 27.1 Å². The van der Waals surface area contributed by atoms with E-state index in [1.807, 2.05) is 5.38 Å². The third-order valence-electron chi connectivity index (χ3n) is 4.10. The van der Waals surface area contributed by atoms with Crippen LogP contribution in [0.2, 0.25) is 0 Å². The summed E-state index contributed by atoms with van der Waals surface area (Å²) in [7, 11) is 0. The molecule has 1 heterocycles. The SMILES string of the molecule is CC1CCCC(NCc2csc([N+](=O)[O-])c2)C1C. The minimum absolute atomic E-state index is 0.233. The molecule has 3 unspecified atom stereocenters. The average molecular weight is 268 g/mol. The van der Waals surface area contributed by atoms with Crippen LogP contribution in [-0.4, -0.2) is 11.0 Å². The van der Waals surface area contributed by atoms with Crippen molar-refractivity contribution in [2.75, 3.05) is 0 Å². The highest BCUT2D eigenvalue weighted by atomic mass is 32.1. The molecule has 0 saturated heterocycles. The third-order valence-corrected chi connectivity index (χ3v) is 5.02. The number of nitro groups is 1. The van der Waals surface area contributed by atoms with E-state index >= 15 is 0 Å². The van der Waals surface area contributed by atoms with Gasteiger partial charge in [0.25, 0.3) is 0 Å². The Morgan fingerprint density at radius 2 is 2.28 bits per heavy atom. The molecule has 4 nitrogen and oxygen atoms in total. The predicted molar refractivity (Wildman–Crippen MR) is 73.8 cm³/mol. The minimum Gasteiger partial charge on any atom is -0.310 e. The number of rotatable bonds is 4. The highest BCUT2D eigenvalue weighted by Gasteiger charge is 2.26. The highest BCUT2D eigenvalue weighted by Crippen LogP contribution is 2.30. The highest BCUT2D eigenvalue weighted by molar-refractivity contribution is 7.13. The molecule has 1 fully saturated rings. The summed E-state index contributed by atoms with van der Waals surface area (Å²) >= 11 is 1.21. The van der Waals surface area contributed by atoms with Crippen LogP contribution in [0.25, 0.3) is 0 Å². The zero-order valence-corrected chi connectivity index (χ0v) is 11.7. The molecule has 1 aromatic heterocycles. The maximum Gasteiger partial charge on any atom is 0.324 e. The van der Waals surface area contributed by atoms with E-state index in [9.17, 15) is 10.1 Å². The van der Waals surface area contributed by atoms with Gasteiger partial charge in [0.2, 0.25) is 0 Å². The molecule has 100 valence electrons. The molecule has 5 heteroatoms. The van der Waals surface area contributed by atoms with Crippen LogP contribution >= 0.6 is 11.3 Å². The number of thiophene rings is 1. The molecule has 1 aliphatic carbocycles. The molecule has 0 aliphatic heterocycles. The van der Waals surface area contributed by atoms with Crippen molar-refractivity contribution in [2.24, 2.45) is 11.8 Å². The Hall–Kier alpha value is -0.940. The van der Waals surface area contributed by atoms with E-state index in [0.717, 1.165) is 18.0 Å². The topological polar surface area (TPSA) is 55.2 Å². The van der Waals surface area contributed by atoms with Gasteiger partial charge in [0.05, 0.1) is 4.92 Å². The van der Waals surface area contributed by atoms with Crippen LogP contribution in [0.1, 0.15) is 38.7 Å². The Morgan fingerprint density at radius 1 is 1.50 bits per heavy atom. The molecule has 0 radical (unpaired) electrons. The van der Waals surface area contributed by atoms with Crippen LogP contribution in [0, 0.1) is 22.0 Å². The first kappa shape index (κ1) is 13.5. The minimum atomic E-state index is -0.320. The second-order valence-electron chi connectivity index (χ2n) is 5.31. The first-order valence-corrected chi connectivity index (χ1v) is 7.41. The van der Waals surface area contributed by atoms with Gasteiger partial charge in [-0.1, -0.05) is 38.0 Å². The molecule has 1 aromatic rings. The van der Waals surface area contributed by atoms with Gasteiger partial charge in [-0.3, -0.25) is 10.1 Å². The van der Waals surface area contributed by atoms with Crippen LogP contribution in [-0.2, 0) is 6.54 Å². The largest absolute Gasteiger partial charge is 0.324 e. The summed E-state index contributed by atoms with van der Waals surface area (Å²) in [5.41, 5.74) is 1.03. The quantitative estimate of drug-likeness (QED) is 0.671. The summed E-state index contributed by atoms with van der Waals surface area (Å²) in [6, 6.07) is 2.22. The summed E-state index contributed by atoms with van der Waals surface area (Å²) < 4.78 is 0. The van der Waals surface area contributed by atoms with E-state index in [0.29, 0.717) is 12.0 Å². The van der Waals surface area contributed by atoms with Gasteiger partial charge in [-0.15, -0.1) is 0 Å². The number of hydrogen-bond acceptors (Lipinski definition) is 4. The van der Waals surface area contributed by atoms with Gasteiger partial charge in [-0.25, -0.2) is 0 Å². The van der Waals surface area contributed by atoms with Gasteiger partial charge in [0.1, 0.15) is 0 Å². The monoisotopic (exact) mass is 268 g/mol. The number of nitrogens with zero attached hydrogens (tertiary/aromatic N) is 1. The molecule has 1 N–H and O–H groups in total. The van der Waals surface area contributed by atoms with Gasteiger partial charge in [-0.05, 0) is 23.8 Å². The van der Waals surface area contributed by atoms with Crippen LogP contribution in [0.4, 0.5) is 5.00 Å². The van der Waals surface area contributed by atoms with E-state index in [1.165, 1.54) is 30.6 Å². The Bertz CT molecular complexity index is 419. The van der Waals surface area contributed by atoms with Crippen LogP contribution < -0.4 is 5.32 Å². The van der Waals surface area contributed by atoms with Crippen molar-refractivity contribution in [1.29, 1.82) is 0 Å². The van der Waals surface area contributed by atoms with E-state index in [4.69, 9.17) is 0 Å². The smallest absolute Gasteiger partial charge is 0.310 e. The molecule has 3 atom stereocenters. The summed E-state index contributed by atoms with van der Waals surface area (Å²) in [6.07, 6.45) is 3.83. The molecular formula is C13H20N2O2S. The summed E-state index contributed by atoms with van der Waals surface area (Å²) in [5.74, 6) is 1.46. The van der Waals surface area contributed by atoms with Crippen molar-refractivity contribution in [2.45, 2.75) is 45.7 Å². The normalized spacial score (nSPS) is 28.2. The van der Waals surface area contributed by atoms with E-state index in [2.05, 4.69) is 19.2 Å². The van der Waals surface area contributed by atoms with Crippen LogP contribution in [0.5, 0.6) is 0 Å². The Morgan fingerprint density at radius 3 is 2.94 bits per heavy atom. The lowest BCUT2D eigenvalue weighted by Crippen LogP contribution is -2.40. The molecule has 1 saturated carbocycles. The standard InChI is InChI=1S/C13H20N2O2S/c1-9-4-3-5-12(10(9)2)14-7-11-6-13(15(16)17)18-8-11/h6,8-10,12,14H,3-5,7H2,1-2H3. The Balaban J connectivity index is 1.88. The van der Waals surface area contributed by atoms with Gasteiger partial charge in [0.15, 0.2) is 0 Å². The van der Waals surface area contributed by atoms with Crippen LogP contribution in [0.3, 0.4) is 0 Å². The van der Waals surface area contributed by atoms with E-state index in [1.54, 1.807) is 6.07 Å². The van der Waals surface area contributed by atoms with Gasteiger partial charge < -0.3 is 5.32 Å². The fourth-order valence-electron chi connectivity index (χ4n) is 2.67. The van der Waals surface area contributed by atoms with E-state index in [-0.39, 0.29) is 9.92 Å². The van der Waals surface area contributed by atoms with E-state index < -0.39 is 0 Å². The number of nitrogens with one attached hydrogen (secondary N) is 1.